The summed E-state index contributed by atoms with van der Waals surface area (Å²) in [5.74, 6) is -0.333. The second-order valence-electron chi connectivity index (χ2n) is 5.73. The highest BCUT2D eigenvalue weighted by Crippen LogP contribution is 2.25. The number of carbonyl (C=O) groups excluding carboxylic acids is 2. The Morgan fingerprint density at radius 3 is 2.72 bits per heavy atom. The van der Waals surface area contributed by atoms with Crippen LogP contribution in [0.4, 0.5) is 5.69 Å². The molecule has 132 valence electrons. The normalized spacial score (nSPS) is 17.2. The van der Waals surface area contributed by atoms with Gasteiger partial charge in [-0.2, -0.15) is 0 Å². The Hall–Kier alpha value is -1.76. The minimum absolute atomic E-state index is 0.0932. The number of thiophene rings is 1. The smallest absolute Gasteiger partial charge is 0.264 e. The lowest BCUT2D eigenvalue weighted by Gasteiger charge is -2.34. The maximum Gasteiger partial charge on any atom is 0.264 e. The van der Waals surface area contributed by atoms with E-state index in [4.69, 9.17) is 23.2 Å². The van der Waals surface area contributed by atoms with Crippen molar-refractivity contribution in [1.82, 2.24) is 10.3 Å². The first kappa shape index (κ1) is 18.0. The van der Waals surface area contributed by atoms with E-state index in [1.54, 1.807) is 29.2 Å². The van der Waals surface area contributed by atoms with Gasteiger partial charge < -0.3 is 4.90 Å². The average Bonchev–Trinajstić information content (AvgIpc) is 3.16. The molecule has 8 heteroatoms. The van der Waals surface area contributed by atoms with Crippen LogP contribution in [0.3, 0.4) is 0 Å². The van der Waals surface area contributed by atoms with Crippen molar-refractivity contribution in [2.75, 3.05) is 12.0 Å². The van der Waals surface area contributed by atoms with E-state index in [1.165, 1.54) is 11.3 Å². The van der Waals surface area contributed by atoms with E-state index in [0.717, 1.165) is 12.8 Å². The lowest BCUT2D eigenvalue weighted by Crippen LogP contribution is -2.52. The molecule has 1 aromatic carbocycles. The summed E-state index contributed by atoms with van der Waals surface area (Å²) in [5, 5.41) is 2.70. The Labute approximate surface area is 159 Å². The molecule has 5 nitrogen and oxygen atoms in total. The summed E-state index contributed by atoms with van der Waals surface area (Å²) in [5.41, 5.74) is 6.11. The van der Waals surface area contributed by atoms with Crippen molar-refractivity contribution in [3.63, 3.8) is 0 Å². The van der Waals surface area contributed by atoms with Crippen LogP contribution in [-0.2, 0) is 4.79 Å². The predicted octanol–water partition coefficient (Wildman–Crippen LogP) is 4.19. The average molecular weight is 398 g/mol. The van der Waals surface area contributed by atoms with Crippen molar-refractivity contribution in [1.29, 1.82) is 0 Å². The highest BCUT2D eigenvalue weighted by Gasteiger charge is 2.33. The summed E-state index contributed by atoms with van der Waals surface area (Å²) >= 11 is 13.2. The molecule has 0 radical (unpaired) electrons. The second-order valence-corrected chi connectivity index (χ2v) is 7.49. The van der Waals surface area contributed by atoms with Crippen LogP contribution < -0.4 is 10.9 Å². The van der Waals surface area contributed by atoms with Crippen LogP contribution in [0, 0.1) is 0 Å². The molecule has 2 heterocycles. The number of halogens is 2. The van der Waals surface area contributed by atoms with E-state index in [2.05, 4.69) is 10.9 Å². The van der Waals surface area contributed by atoms with Crippen molar-refractivity contribution in [2.45, 2.75) is 25.3 Å². The fraction of sp³-hybridized carbons (Fsp3) is 0.294. The first-order valence-corrected chi connectivity index (χ1v) is 9.55. The Balaban J connectivity index is 1.66. The first-order chi connectivity index (χ1) is 12.1. The Morgan fingerprint density at radius 1 is 1.16 bits per heavy atom. The molecule has 0 saturated carbocycles. The van der Waals surface area contributed by atoms with E-state index >= 15 is 0 Å². The summed E-state index contributed by atoms with van der Waals surface area (Å²) < 4.78 is 0. The molecule has 1 atom stereocenters. The number of carbonyl (C=O) groups is 2. The molecule has 2 N–H and O–H groups in total. The zero-order valence-corrected chi connectivity index (χ0v) is 15.6. The maximum absolute atomic E-state index is 12.6. The van der Waals surface area contributed by atoms with Crippen LogP contribution in [0.1, 0.15) is 28.9 Å². The molecule has 1 aromatic heterocycles. The number of nitrogens with one attached hydrogen (secondary N) is 2. The minimum atomic E-state index is -0.487. The number of hydrogen-bond acceptors (Lipinski definition) is 4. The zero-order valence-electron chi connectivity index (χ0n) is 13.3. The maximum atomic E-state index is 12.6. The zero-order chi connectivity index (χ0) is 17.8. The van der Waals surface area contributed by atoms with Gasteiger partial charge in [-0.3, -0.25) is 20.4 Å². The number of benzene rings is 1. The van der Waals surface area contributed by atoms with Crippen molar-refractivity contribution < 1.29 is 9.59 Å². The van der Waals surface area contributed by atoms with Crippen molar-refractivity contribution in [2.24, 2.45) is 0 Å². The Morgan fingerprint density at radius 2 is 2.00 bits per heavy atom. The number of hydrogen-bond donors (Lipinski definition) is 2. The van der Waals surface area contributed by atoms with Crippen LogP contribution >= 0.6 is 34.5 Å². The molecule has 0 bridgehead atoms. The van der Waals surface area contributed by atoms with Gasteiger partial charge in [-0.15, -0.1) is 11.3 Å². The number of nitrogens with zero attached hydrogens (tertiary/aromatic N) is 1. The SMILES string of the molecule is O=C(NNc1ccc(Cl)c(Cl)c1)C1CCCCN1C(=O)c1cccs1. The van der Waals surface area contributed by atoms with Crippen LogP contribution in [0.2, 0.25) is 10.0 Å². The third-order valence-corrected chi connectivity index (χ3v) is 5.64. The molecule has 2 aromatic rings. The van der Waals surface area contributed by atoms with Gasteiger partial charge in [-0.25, -0.2) is 0 Å². The molecular formula is C17H17Cl2N3O2S. The van der Waals surface area contributed by atoms with E-state index < -0.39 is 6.04 Å². The largest absolute Gasteiger partial charge is 0.326 e. The van der Waals surface area contributed by atoms with Gasteiger partial charge >= 0.3 is 0 Å². The molecule has 25 heavy (non-hydrogen) atoms. The molecule has 1 aliphatic heterocycles. The van der Waals surface area contributed by atoms with Gasteiger partial charge in [0.1, 0.15) is 6.04 Å². The van der Waals surface area contributed by atoms with Gasteiger partial charge in [0, 0.05) is 6.54 Å². The molecule has 1 aliphatic rings. The topological polar surface area (TPSA) is 61.4 Å². The molecule has 1 saturated heterocycles. The highest BCUT2D eigenvalue weighted by atomic mass is 35.5. The van der Waals surface area contributed by atoms with Crippen molar-refractivity contribution in [3.8, 4) is 0 Å². The fourth-order valence-corrected chi connectivity index (χ4v) is 3.76. The number of hydrazine groups is 1. The number of anilines is 1. The third kappa shape index (κ3) is 4.26. The van der Waals surface area contributed by atoms with Gasteiger partial charge in [-0.1, -0.05) is 29.3 Å². The standard InChI is InChI=1S/C17H17Cl2N3O2S/c18-12-7-6-11(10-13(12)19)20-21-16(23)14-4-1-2-8-22(14)17(24)15-5-3-9-25-15/h3,5-7,9-10,14,20H,1-2,4,8H2,(H,21,23). The first-order valence-electron chi connectivity index (χ1n) is 7.91. The Bertz CT molecular complexity index is 767. The van der Waals surface area contributed by atoms with E-state index in [9.17, 15) is 9.59 Å². The summed E-state index contributed by atoms with van der Waals surface area (Å²) in [6.45, 7) is 0.585. The number of amides is 2. The number of piperidine rings is 1. The van der Waals surface area contributed by atoms with Gasteiger partial charge in [0.25, 0.3) is 11.8 Å². The molecule has 3 rings (SSSR count). The van der Waals surface area contributed by atoms with E-state index in [1.807, 2.05) is 11.4 Å². The van der Waals surface area contributed by atoms with Crippen LogP contribution in [0.5, 0.6) is 0 Å². The predicted molar refractivity (Wildman–Crippen MR) is 101 cm³/mol. The lowest BCUT2D eigenvalue weighted by atomic mass is 10.0. The second kappa shape index (κ2) is 8.08. The molecule has 0 spiro atoms. The molecular weight excluding hydrogens is 381 g/mol. The van der Waals surface area contributed by atoms with Crippen LogP contribution in [-0.4, -0.2) is 29.3 Å². The number of likely N-dealkylation sites (tertiary alicyclic amines) is 1. The van der Waals surface area contributed by atoms with Crippen LogP contribution in [0.15, 0.2) is 35.7 Å². The molecule has 0 aliphatic carbocycles. The van der Waals surface area contributed by atoms with E-state index in [-0.39, 0.29) is 11.8 Å². The highest BCUT2D eigenvalue weighted by molar-refractivity contribution is 7.12. The van der Waals surface area contributed by atoms with Crippen molar-refractivity contribution in [3.05, 3.63) is 50.6 Å². The monoisotopic (exact) mass is 397 g/mol. The lowest BCUT2D eigenvalue weighted by molar-refractivity contribution is -0.126. The summed E-state index contributed by atoms with van der Waals surface area (Å²) in [6.07, 6.45) is 2.46. The van der Waals surface area contributed by atoms with Crippen LogP contribution in [0.25, 0.3) is 0 Å². The van der Waals surface area contributed by atoms with Gasteiger partial charge in [-0.05, 0) is 48.9 Å². The van der Waals surface area contributed by atoms with E-state index in [0.29, 0.717) is 33.6 Å². The quantitative estimate of drug-likeness (QED) is 0.760. The summed E-state index contributed by atoms with van der Waals surface area (Å²) in [6, 6.07) is 8.11. The van der Waals surface area contributed by atoms with Gasteiger partial charge in [0.15, 0.2) is 0 Å². The Kier molecular flexibility index (Phi) is 5.83. The van der Waals surface area contributed by atoms with Gasteiger partial charge in [0.05, 0.1) is 20.6 Å². The summed E-state index contributed by atoms with van der Waals surface area (Å²) in [4.78, 5) is 27.5. The molecule has 1 unspecified atom stereocenters. The fourth-order valence-electron chi connectivity index (χ4n) is 2.78. The molecule has 2 amide bonds. The van der Waals surface area contributed by atoms with Crippen molar-refractivity contribution >= 4 is 52.0 Å². The minimum Gasteiger partial charge on any atom is -0.326 e. The summed E-state index contributed by atoms with van der Waals surface area (Å²) in [7, 11) is 0. The van der Waals surface area contributed by atoms with Gasteiger partial charge in [0.2, 0.25) is 0 Å². The number of rotatable bonds is 4. The third-order valence-electron chi connectivity index (χ3n) is 4.05. The molecule has 1 fully saturated rings.